The molecule has 4 aromatic carbocycles. The molecule has 2 fully saturated rings. The third-order valence-corrected chi connectivity index (χ3v) is 12.7. The summed E-state index contributed by atoms with van der Waals surface area (Å²) in [4.78, 5) is 63.4. The van der Waals surface area contributed by atoms with Crippen molar-refractivity contribution in [3.05, 3.63) is 142 Å². The number of carbonyl (C=O) groups is 2. The van der Waals surface area contributed by atoms with Crippen molar-refractivity contribution in [1.82, 2.24) is 40.0 Å². The summed E-state index contributed by atoms with van der Waals surface area (Å²) in [7, 11) is 0. The normalized spacial score (nSPS) is 14.8. The molecule has 0 spiro atoms. The van der Waals surface area contributed by atoms with Gasteiger partial charge in [0.2, 0.25) is 0 Å². The number of nitrogens with zero attached hydrogens (tertiary/aromatic N) is 5. The van der Waals surface area contributed by atoms with Gasteiger partial charge >= 0.3 is 12.2 Å². The van der Waals surface area contributed by atoms with E-state index in [0.29, 0.717) is 43.7 Å². The lowest BCUT2D eigenvalue weighted by Crippen LogP contribution is -2.40. The Bertz CT molecular complexity index is 2790. The number of anilines is 2. The first-order chi connectivity index (χ1) is 35.0. The number of hydrogen-bond acceptors (Lipinski definition) is 12. The predicted molar refractivity (Wildman–Crippen MR) is 297 cm³/mol. The topological polar surface area (TPSA) is 188 Å². The van der Waals surface area contributed by atoms with Crippen LogP contribution in [0.5, 0.6) is 0 Å². The van der Waals surface area contributed by atoms with Gasteiger partial charge in [-0.1, -0.05) is 88.7 Å². The van der Waals surface area contributed by atoms with Crippen LogP contribution >= 0.6 is 15.9 Å². The van der Waals surface area contributed by atoms with Crippen LogP contribution < -0.4 is 32.4 Å². The van der Waals surface area contributed by atoms with Gasteiger partial charge in [-0.2, -0.15) is 0 Å². The Labute approximate surface area is 438 Å². The number of hydrogen-bond donors (Lipinski definition) is 5. The molecule has 392 valence electrons. The molecule has 0 aliphatic carbocycles. The average molecular weight is 1060 g/mol. The molecule has 4 heterocycles. The molecule has 2 aliphatic heterocycles. The van der Waals surface area contributed by atoms with Crippen LogP contribution in [0.4, 0.5) is 21.2 Å². The number of halogens is 1. The molecule has 2 amide bonds. The third-order valence-electron chi connectivity index (χ3n) is 12.1. The zero-order valence-corrected chi connectivity index (χ0v) is 45.0. The summed E-state index contributed by atoms with van der Waals surface area (Å²) in [5.74, 6) is 0.820. The monoisotopic (exact) mass is 1060 g/mol. The summed E-state index contributed by atoms with van der Waals surface area (Å²) in [6, 6.07) is 30.9. The van der Waals surface area contributed by atoms with Crippen LogP contribution in [0.2, 0.25) is 0 Å². The zero-order chi connectivity index (χ0) is 52.2. The smallest absolute Gasteiger partial charge is 0.407 e. The number of carbonyl (C=O) groups excluding carboxylic acids is 2. The van der Waals surface area contributed by atoms with Crippen molar-refractivity contribution in [3.63, 3.8) is 0 Å². The number of rotatable bonds is 15. The van der Waals surface area contributed by atoms with Crippen molar-refractivity contribution >= 4 is 61.3 Å². The number of benzene rings is 4. The molecule has 6 aromatic rings. The van der Waals surface area contributed by atoms with E-state index in [2.05, 4.69) is 147 Å². The van der Waals surface area contributed by atoms with Gasteiger partial charge in [0.1, 0.15) is 11.2 Å². The zero-order valence-electron chi connectivity index (χ0n) is 43.4. The van der Waals surface area contributed by atoms with Gasteiger partial charge in [-0.3, -0.25) is 19.4 Å². The molecule has 0 atom stereocenters. The van der Waals surface area contributed by atoms with Crippen molar-refractivity contribution in [1.29, 1.82) is 0 Å². The Morgan fingerprint density at radius 3 is 1.59 bits per heavy atom. The van der Waals surface area contributed by atoms with Crippen LogP contribution in [0.25, 0.3) is 21.5 Å². The van der Waals surface area contributed by atoms with E-state index in [4.69, 9.17) is 9.47 Å². The number of piperidine rings is 2. The van der Waals surface area contributed by atoms with E-state index >= 15 is 0 Å². The molecule has 2 aromatic heterocycles. The van der Waals surface area contributed by atoms with Crippen molar-refractivity contribution in [2.75, 3.05) is 55.2 Å². The number of likely N-dealkylation sites (tertiary alicyclic amines) is 2. The van der Waals surface area contributed by atoms with E-state index in [1.807, 2.05) is 41.5 Å². The Morgan fingerprint density at radius 1 is 0.644 bits per heavy atom. The number of aromatic amines is 1. The summed E-state index contributed by atoms with van der Waals surface area (Å²) >= 11 is 3.27. The number of nitrogens with one attached hydrogen (secondary N) is 5. The largest absolute Gasteiger partial charge is 0.444 e. The molecule has 0 bridgehead atoms. The van der Waals surface area contributed by atoms with E-state index in [0.717, 1.165) is 76.7 Å². The maximum Gasteiger partial charge on any atom is 0.407 e. The highest BCUT2D eigenvalue weighted by Gasteiger charge is 2.23. The lowest BCUT2D eigenvalue weighted by Gasteiger charge is -2.32. The van der Waals surface area contributed by atoms with Gasteiger partial charge in [-0.15, -0.1) is 0 Å². The summed E-state index contributed by atoms with van der Waals surface area (Å²) < 4.78 is 11.9. The summed E-state index contributed by atoms with van der Waals surface area (Å²) in [5.41, 5.74) is 1.47. The number of ether oxygens (including phenoxy) is 2. The Morgan fingerprint density at radius 2 is 1.11 bits per heavy atom. The fourth-order valence-electron chi connectivity index (χ4n) is 8.55. The van der Waals surface area contributed by atoms with Crippen molar-refractivity contribution < 1.29 is 19.1 Å². The number of H-pyrrole nitrogens is 1. The highest BCUT2D eigenvalue weighted by molar-refractivity contribution is 9.09. The van der Waals surface area contributed by atoms with Gasteiger partial charge in [0, 0.05) is 101 Å². The molecule has 73 heavy (non-hydrogen) atoms. The van der Waals surface area contributed by atoms with Crippen molar-refractivity contribution in [2.45, 2.75) is 123 Å². The molecule has 8 rings (SSSR count). The quantitative estimate of drug-likeness (QED) is 0.0485. The van der Waals surface area contributed by atoms with E-state index in [9.17, 15) is 19.2 Å². The van der Waals surface area contributed by atoms with E-state index in [-0.39, 0.29) is 23.3 Å². The number of alkyl carbamates (subject to hydrolysis) is 2. The standard InChI is InChI=1S/C28H37N5O3.C20H22N4O.C8H16BrNO2/c1-28(2,3)36-27(35)30-13-6-15-33-18-14-29-25(26(33)34)31-24-11-16-32(17-12-24)20-21-9-10-22-7-4-5-8-23(22)19-21;25-20-19(21-9-10-22-20)23-18-7-11-24(12-8-18)14-15-5-6-16-3-1-2-4-17(16)13-15;1-8(2,3)12-7(11)10-6-4-5-9/h4-5,7-10,14,18-19,24H,6,11-13,15-17,20H2,1-3H3,(H,29,31)(H,30,35);1-6,9-10,13,18H,7-8,11-12,14H2,(H,21,23)(H,22,25);4-6H2,1-3H3,(H,10,11). The molecule has 0 unspecified atom stereocenters. The summed E-state index contributed by atoms with van der Waals surface area (Å²) in [6.45, 7) is 18.5. The average Bonchev–Trinajstić information content (AvgIpc) is 3.35. The minimum Gasteiger partial charge on any atom is -0.444 e. The van der Waals surface area contributed by atoms with E-state index < -0.39 is 17.3 Å². The maximum absolute atomic E-state index is 12.9. The molecule has 2 saturated heterocycles. The van der Waals surface area contributed by atoms with Crippen LogP contribution in [-0.4, -0.2) is 109 Å². The Kier molecular flexibility index (Phi) is 21.2. The SMILES string of the molecule is CC(C)(C)OC(=O)NCCCBr.CC(C)(C)OC(=O)NCCCn1ccnc(NC2CCN(Cc3ccc4ccccc4c3)CC2)c1=O.O=c1[nH]ccnc1NC1CCN(Cc2ccc3ccccc3c2)CC1. The molecule has 5 N–H and O–H groups in total. The van der Waals surface area contributed by atoms with Crippen LogP contribution in [0.1, 0.15) is 91.2 Å². The number of aromatic nitrogens is 4. The first-order valence-electron chi connectivity index (χ1n) is 25.5. The first kappa shape index (κ1) is 56.0. The molecular weight excluding hydrogens is 989 g/mol. The maximum atomic E-state index is 12.9. The number of amides is 2. The van der Waals surface area contributed by atoms with Gasteiger partial charge in [0.25, 0.3) is 11.1 Å². The van der Waals surface area contributed by atoms with E-state index in [1.165, 1.54) is 32.7 Å². The Balaban J connectivity index is 0.000000203. The number of fused-ring (bicyclic) bond motifs is 2. The second-order valence-electron chi connectivity index (χ2n) is 20.5. The Hall–Kier alpha value is -6.30. The second kappa shape index (κ2) is 27.7. The second-order valence-corrected chi connectivity index (χ2v) is 21.3. The van der Waals surface area contributed by atoms with Gasteiger partial charge in [0.15, 0.2) is 11.6 Å². The van der Waals surface area contributed by atoms with Crippen LogP contribution in [0.3, 0.4) is 0 Å². The van der Waals surface area contributed by atoms with Gasteiger partial charge in [-0.05, 0) is 125 Å². The molecule has 17 heteroatoms. The van der Waals surface area contributed by atoms with Crippen LogP contribution in [0, 0.1) is 0 Å². The molecule has 16 nitrogen and oxygen atoms in total. The first-order valence-corrected chi connectivity index (χ1v) is 26.6. The minimum atomic E-state index is -0.528. The van der Waals surface area contributed by atoms with Crippen LogP contribution in [-0.2, 0) is 29.1 Å². The molecule has 2 aliphatic rings. The highest BCUT2D eigenvalue weighted by Crippen LogP contribution is 2.22. The lowest BCUT2D eigenvalue weighted by atomic mass is 10.0. The van der Waals surface area contributed by atoms with Crippen LogP contribution in [0.15, 0.2) is 119 Å². The van der Waals surface area contributed by atoms with Crippen molar-refractivity contribution in [3.8, 4) is 0 Å². The van der Waals surface area contributed by atoms with Gasteiger partial charge in [0.05, 0.1) is 0 Å². The predicted octanol–water partition coefficient (Wildman–Crippen LogP) is 9.68. The molecule has 0 saturated carbocycles. The summed E-state index contributed by atoms with van der Waals surface area (Å²) in [5, 5.41) is 18.0. The van der Waals surface area contributed by atoms with Crippen molar-refractivity contribution in [2.24, 2.45) is 0 Å². The summed E-state index contributed by atoms with van der Waals surface area (Å²) in [6.07, 6.45) is 11.2. The molecule has 0 radical (unpaired) electrons. The minimum absolute atomic E-state index is 0.131. The van der Waals surface area contributed by atoms with Gasteiger partial charge < -0.3 is 40.3 Å². The number of alkyl halides is 1. The fourth-order valence-corrected chi connectivity index (χ4v) is 8.83. The fraction of sp³-hybridized carbons (Fsp3) is 0.464. The lowest BCUT2D eigenvalue weighted by molar-refractivity contribution is 0.0516. The van der Waals surface area contributed by atoms with Gasteiger partial charge in [-0.25, -0.2) is 19.6 Å². The van der Waals surface area contributed by atoms with E-state index in [1.54, 1.807) is 29.4 Å². The third kappa shape index (κ3) is 19.6. The highest BCUT2D eigenvalue weighted by atomic mass is 79.9. The number of aryl methyl sites for hydroxylation is 1. The molecular formula is C56H75BrN10O6.